The maximum atomic E-state index is 14.5. The summed E-state index contributed by atoms with van der Waals surface area (Å²) in [5, 5.41) is 13.7. The Labute approximate surface area is 197 Å². The third kappa shape index (κ3) is 5.49. The zero-order valence-electron chi connectivity index (χ0n) is 19.7. The van der Waals surface area contributed by atoms with Crippen molar-refractivity contribution in [3.8, 4) is 11.6 Å². The molecule has 4 rings (SSSR count). The fourth-order valence-electron chi connectivity index (χ4n) is 3.33. The number of ether oxygens (including phenoxy) is 2. The van der Waals surface area contributed by atoms with Gasteiger partial charge in [0.15, 0.2) is 18.2 Å². The molecular weight excluding hydrogens is 444 g/mol. The van der Waals surface area contributed by atoms with Gasteiger partial charge in [-0.05, 0) is 31.9 Å². The lowest BCUT2D eigenvalue weighted by atomic mass is 10.1. The van der Waals surface area contributed by atoms with Crippen LogP contribution in [0, 0.1) is 11.3 Å². The fraction of sp³-hybridized carbons (Fsp3) is 0.417. The Kier molecular flexibility index (Phi) is 7.80. The number of pyridine rings is 1. The highest BCUT2D eigenvalue weighted by Crippen LogP contribution is 2.47. The minimum atomic E-state index is -3.26. The number of carbonyl (C=O) groups is 1. The zero-order valence-corrected chi connectivity index (χ0v) is 19.7. The number of rotatable bonds is 6. The van der Waals surface area contributed by atoms with Gasteiger partial charge in [-0.15, -0.1) is 0 Å². The predicted molar refractivity (Wildman–Crippen MR) is 128 cm³/mol. The topological polar surface area (TPSA) is 109 Å². The van der Waals surface area contributed by atoms with Gasteiger partial charge >= 0.3 is 5.92 Å². The normalized spacial score (nSPS) is 15.6. The number of fused-ring (bicyclic) bond motifs is 1. The molecule has 2 aromatic rings. The van der Waals surface area contributed by atoms with E-state index in [1.165, 1.54) is 25.8 Å². The van der Waals surface area contributed by atoms with E-state index in [0.717, 1.165) is 12.8 Å². The van der Waals surface area contributed by atoms with Crippen LogP contribution in [0.15, 0.2) is 29.3 Å². The van der Waals surface area contributed by atoms with Crippen LogP contribution in [0.25, 0.3) is 0 Å². The van der Waals surface area contributed by atoms with Crippen molar-refractivity contribution < 1.29 is 23.0 Å². The van der Waals surface area contributed by atoms with Crippen LogP contribution in [0.4, 0.5) is 26.0 Å². The van der Waals surface area contributed by atoms with Gasteiger partial charge in [-0.2, -0.15) is 13.8 Å². The highest BCUT2D eigenvalue weighted by molar-refractivity contribution is 6.04. The van der Waals surface area contributed by atoms with E-state index in [4.69, 9.17) is 14.9 Å². The fourth-order valence-corrected chi connectivity index (χ4v) is 3.33. The molecule has 1 saturated carbocycles. The highest BCUT2D eigenvalue weighted by atomic mass is 19.3. The minimum absolute atomic E-state index is 0.0274. The number of hydrogen-bond acceptors (Lipinski definition) is 6. The van der Waals surface area contributed by atoms with Crippen LogP contribution in [-0.4, -0.2) is 36.7 Å². The summed E-state index contributed by atoms with van der Waals surface area (Å²) in [6, 6.07) is 6.29. The van der Waals surface area contributed by atoms with Crippen LogP contribution >= 0.6 is 0 Å². The van der Waals surface area contributed by atoms with E-state index in [1.807, 2.05) is 0 Å². The number of halogens is 2. The smallest absolute Gasteiger partial charge is 0.313 e. The molecule has 0 bridgehead atoms. The summed E-state index contributed by atoms with van der Waals surface area (Å²) in [7, 11) is 1.42. The predicted octanol–water partition coefficient (Wildman–Crippen LogP) is 5.50. The summed E-state index contributed by atoms with van der Waals surface area (Å²) in [6.45, 7) is 5.10. The van der Waals surface area contributed by atoms with E-state index in [1.54, 1.807) is 25.1 Å². The van der Waals surface area contributed by atoms with E-state index in [0.29, 0.717) is 11.3 Å². The van der Waals surface area contributed by atoms with Gasteiger partial charge in [0.25, 0.3) is 0 Å². The number of anilines is 3. The molecule has 1 aromatic carbocycles. The molecule has 1 aromatic heterocycles. The largest absolute Gasteiger partial charge is 0.494 e. The number of hydrogen-bond donors (Lipinski definition) is 3. The van der Waals surface area contributed by atoms with Gasteiger partial charge in [-0.1, -0.05) is 26.3 Å². The van der Waals surface area contributed by atoms with E-state index in [-0.39, 0.29) is 40.8 Å². The summed E-state index contributed by atoms with van der Waals surface area (Å²) in [5.74, 6) is -3.41. The molecule has 1 aliphatic heterocycles. The molecule has 0 saturated heterocycles. The number of benzene rings is 1. The Balaban J connectivity index is 0.00000103. The van der Waals surface area contributed by atoms with Gasteiger partial charge in [0.05, 0.1) is 24.0 Å². The molecule has 2 heterocycles. The number of nitrogens with zero attached hydrogens (tertiary/aromatic N) is 2. The average Bonchev–Trinajstić information content (AvgIpc) is 3.59. The van der Waals surface area contributed by atoms with Gasteiger partial charge in [-0.3, -0.25) is 10.2 Å². The number of alkyl halides is 2. The number of aromatic nitrogens is 1. The molecule has 2 aliphatic rings. The summed E-state index contributed by atoms with van der Waals surface area (Å²) in [5.41, 5.74) is 0.374. The average molecular weight is 474 g/mol. The maximum Gasteiger partial charge on any atom is 0.313 e. The van der Waals surface area contributed by atoms with Crippen LogP contribution in [0.3, 0.4) is 0 Å². The lowest BCUT2D eigenvalue weighted by Crippen LogP contribution is -2.17. The molecule has 10 heteroatoms. The minimum Gasteiger partial charge on any atom is -0.494 e. The van der Waals surface area contributed by atoms with Gasteiger partial charge in [0, 0.05) is 18.2 Å². The van der Waals surface area contributed by atoms with Crippen molar-refractivity contribution in [3.63, 3.8) is 0 Å². The maximum absolute atomic E-state index is 14.5. The molecule has 0 atom stereocenters. The number of amidine groups is 1. The second-order valence-electron chi connectivity index (χ2n) is 7.95. The SMILES string of the molecule is CC=NC(=N)c1cccc(Nc2cc(NC(=O)C3CC3)nc3c2C(F)(F)CO3)c1OC.CCC. The van der Waals surface area contributed by atoms with Crippen LogP contribution in [-0.2, 0) is 10.7 Å². The highest BCUT2D eigenvalue weighted by Gasteiger charge is 2.45. The molecule has 182 valence electrons. The molecular formula is C24H29F2N5O3. The summed E-state index contributed by atoms with van der Waals surface area (Å²) < 4.78 is 39.6. The van der Waals surface area contributed by atoms with Crippen molar-refractivity contribution in [2.75, 3.05) is 24.4 Å². The first kappa shape index (κ1) is 25.1. The first-order valence-electron chi connectivity index (χ1n) is 11.1. The molecule has 1 fully saturated rings. The lowest BCUT2D eigenvalue weighted by Gasteiger charge is -2.18. The second-order valence-corrected chi connectivity index (χ2v) is 7.95. The quantitative estimate of drug-likeness (QED) is 0.379. The first-order chi connectivity index (χ1) is 16.2. The zero-order chi connectivity index (χ0) is 24.9. The molecule has 0 spiro atoms. The number of methoxy groups -OCH3 is 1. The Morgan fingerprint density at radius 1 is 1.35 bits per heavy atom. The standard InChI is InChI=1S/C21H21F2N5O3.C3H8/c1-3-25-18(24)12-5-4-6-13(17(12)30-2)26-14-9-15(27-19(29)11-7-8-11)28-20-16(14)21(22,23)10-31-20;1-3-2/h3-6,9,11,24H,7-8,10H2,1-2H3,(H2,26,27,28,29);3H2,1-2H3. The van der Waals surface area contributed by atoms with Gasteiger partial charge in [0.2, 0.25) is 11.8 Å². The molecule has 8 nitrogen and oxygen atoms in total. The summed E-state index contributed by atoms with van der Waals surface area (Å²) in [4.78, 5) is 20.1. The van der Waals surface area contributed by atoms with E-state index in [2.05, 4.69) is 34.5 Å². The Morgan fingerprint density at radius 3 is 2.68 bits per heavy atom. The van der Waals surface area contributed by atoms with Crippen LogP contribution in [0.5, 0.6) is 11.6 Å². The van der Waals surface area contributed by atoms with Crippen molar-refractivity contribution in [1.82, 2.24) is 4.98 Å². The third-order valence-corrected chi connectivity index (χ3v) is 4.94. The number of amides is 1. The van der Waals surface area contributed by atoms with Crippen molar-refractivity contribution >= 4 is 35.2 Å². The van der Waals surface area contributed by atoms with Gasteiger partial charge in [-0.25, -0.2) is 4.99 Å². The van der Waals surface area contributed by atoms with Gasteiger partial charge < -0.3 is 20.1 Å². The van der Waals surface area contributed by atoms with E-state index < -0.39 is 18.1 Å². The lowest BCUT2D eigenvalue weighted by molar-refractivity contribution is -0.117. The van der Waals surface area contributed by atoms with Gasteiger partial charge in [0.1, 0.15) is 11.4 Å². The van der Waals surface area contributed by atoms with Crippen molar-refractivity contribution in [3.05, 3.63) is 35.4 Å². The second kappa shape index (κ2) is 10.6. The molecule has 0 radical (unpaired) electrons. The Morgan fingerprint density at radius 2 is 2.06 bits per heavy atom. The number of nitrogens with one attached hydrogen (secondary N) is 3. The number of aliphatic imine (C=N–C) groups is 1. The molecule has 1 aliphatic carbocycles. The first-order valence-corrected chi connectivity index (χ1v) is 11.1. The van der Waals surface area contributed by atoms with Crippen molar-refractivity contribution in [1.29, 1.82) is 5.41 Å². The van der Waals surface area contributed by atoms with Crippen LogP contribution in [0.1, 0.15) is 51.2 Å². The Hall–Kier alpha value is -3.56. The summed E-state index contributed by atoms with van der Waals surface area (Å²) in [6.07, 6.45) is 4.32. The van der Waals surface area contributed by atoms with E-state index in [9.17, 15) is 13.6 Å². The number of carbonyl (C=O) groups excluding carboxylic acids is 1. The van der Waals surface area contributed by atoms with Crippen molar-refractivity contribution in [2.45, 2.75) is 46.0 Å². The molecule has 1 amide bonds. The molecule has 3 N–H and O–H groups in total. The summed E-state index contributed by atoms with van der Waals surface area (Å²) >= 11 is 0. The van der Waals surface area contributed by atoms with E-state index >= 15 is 0 Å². The Bertz CT molecular complexity index is 1100. The monoisotopic (exact) mass is 473 g/mol. The number of para-hydroxylation sites is 1. The third-order valence-electron chi connectivity index (χ3n) is 4.94. The van der Waals surface area contributed by atoms with Crippen LogP contribution in [0.2, 0.25) is 0 Å². The molecule has 0 unspecified atom stereocenters. The molecule has 34 heavy (non-hydrogen) atoms. The van der Waals surface area contributed by atoms with Crippen molar-refractivity contribution in [2.24, 2.45) is 10.9 Å². The van der Waals surface area contributed by atoms with Crippen LogP contribution < -0.4 is 20.1 Å².